The largest absolute Gasteiger partial charge is 0.367 e. The zero-order valence-electron chi connectivity index (χ0n) is 12.1. The molecule has 18 heavy (non-hydrogen) atoms. The van der Waals surface area contributed by atoms with Gasteiger partial charge in [0.15, 0.2) is 0 Å². The Hall–Kier alpha value is -1.36. The monoisotopic (exact) mass is 251 g/mol. The Morgan fingerprint density at radius 1 is 1.39 bits per heavy atom. The van der Waals surface area contributed by atoms with Crippen LogP contribution in [0.2, 0.25) is 0 Å². The van der Waals surface area contributed by atoms with Gasteiger partial charge in [-0.15, -0.1) is 0 Å². The van der Waals surface area contributed by atoms with Gasteiger partial charge in [-0.1, -0.05) is 0 Å². The predicted octanol–water partition coefficient (Wildman–Crippen LogP) is 1.97. The maximum Gasteiger partial charge on any atom is 0.224 e. The summed E-state index contributed by atoms with van der Waals surface area (Å²) in [4.78, 5) is 10.9. The molecule has 1 rings (SSSR count). The van der Waals surface area contributed by atoms with Gasteiger partial charge in [-0.25, -0.2) is 4.98 Å². The SMILES string of the molecule is CCNc1ncc(C)c(NC(C)CCN(C)C)n1. The maximum absolute atomic E-state index is 4.48. The van der Waals surface area contributed by atoms with Crippen LogP contribution in [0.25, 0.3) is 0 Å². The van der Waals surface area contributed by atoms with E-state index in [9.17, 15) is 0 Å². The highest BCUT2D eigenvalue weighted by Crippen LogP contribution is 2.14. The lowest BCUT2D eigenvalue weighted by molar-refractivity contribution is 0.390. The third-order valence-electron chi connectivity index (χ3n) is 2.70. The second-order valence-electron chi connectivity index (χ2n) is 4.89. The summed E-state index contributed by atoms with van der Waals surface area (Å²) in [6.45, 7) is 8.14. The lowest BCUT2D eigenvalue weighted by Gasteiger charge is -2.18. The van der Waals surface area contributed by atoms with Crippen molar-refractivity contribution in [2.45, 2.75) is 33.2 Å². The summed E-state index contributed by atoms with van der Waals surface area (Å²) >= 11 is 0. The third-order valence-corrected chi connectivity index (χ3v) is 2.70. The topological polar surface area (TPSA) is 53.1 Å². The Bertz CT molecular complexity index is 364. The fourth-order valence-corrected chi connectivity index (χ4v) is 1.59. The van der Waals surface area contributed by atoms with E-state index in [1.54, 1.807) is 0 Å². The van der Waals surface area contributed by atoms with Crippen LogP contribution in [-0.2, 0) is 0 Å². The Morgan fingerprint density at radius 2 is 2.11 bits per heavy atom. The fourth-order valence-electron chi connectivity index (χ4n) is 1.59. The molecule has 0 spiro atoms. The summed E-state index contributed by atoms with van der Waals surface area (Å²) < 4.78 is 0. The van der Waals surface area contributed by atoms with Crippen molar-refractivity contribution in [2.75, 3.05) is 37.8 Å². The van der Waals surface area contributed by atoms with E-state index in [1.807, 2.05) is 20.0 Å². The molecule has 1 heterocycles. The van der Waals surface area contributed by atoms with E-state index in [2.05, 4.69) is 46.5 Å². The third kappa shape index (κ3) is 4.87. The van der Waals surface area contributed by atoms with Gasteiger partial charge in [-0.2, -0.15) is 4.98 Å². The first kappa shape index (κ1) is 14.7. The molecule has 0 saturated carbocycles. The molecule has 1 atom stereocenters. The highest BCUT2D eigenvalue weighted by Gasteiger charge is 2.07. The van der Waals surface area contributed by atoms with Crippen LogP contribution in [0.1, 0.15) is 25.8 Å². The standard InChI is InChI=1S/C13H25N5/c1-6-14-13-15-9-10(2)12(17-13)16-11(3)7-8-18(4)5/h9,11H,6-8H2,1-5H3,(H2,14,15,16,17). The molecule has 1 aromatic heterocycles. The Kier molecular flexibility index (Phi) is 5.85. The van der Waals surface area contributed by atoms with Crippen LogP contribution in [-0.4, -0.2) is 48.1 Å². The smallest absolute Gasteiger partial charge is 0.224 e. The van der Waals surface area contributed by atoms with Gasteiger partial charge in [0.25, 0.3) is 0 Å². The first-order chi connectivity index (χ1) is 8.52. The van der Waals surface area contributed by atoms with E-state index in [1.165, 1.54) is 0 Å². The first-order valence-electron chi connectivity index (χ1n) is 6.51. The van der Waals surface area contributed by atoms with Crippen LogP contribution in [0.5, 0.6) is 0 Å². The van der Waals surface area contributed by atoms with Crippen molar-refractivity contribution in [2.24, 2.45) is 0 Å². The molecular weight excluding hydrogens is 226 g/mol. The Morgan fingerprint density at radius 3 is 2.72 bits per heavy atom. The normalized spacial score (nSPS) is 12.6. The molecule has 0 aromatic carbocycles. The number of aromatic nitrogens is 2. The van der Waals surface area contributed by atoms with Crippen LogP contribution in [0.4, 0.5) is 11.8 Å². The predicted molar refractivity (Wildman–Crippen MR) is 77.2 cm³/mol. The molecule has 0 fully saturated rings. The van der Waals surface area contributed by atoms with Crippen LogP contribution >= 0.6 is 0 Å². The molecular formula is C13H25N5. The molecule has 0 aliphatic rings. The van der Waals surface area contributed by atoms with Gasteiger partial charge in [0.1, 0.15) is 5.82 Å². The van der Waals surface area contributed by atoms with Crippen molar-refractivity contribution in [3.8, 4) is 0 Å². The van der Waals surface area contributed by atoms with E-state index in [0.29, 0.717) is 12.0 Å². The molecule has 0 amide bonds. The minimum Gasteiger partial charge on any atom is -0.367 e. The molecule has 0 saturated heterocycles. The number of aryl methyl sites for hydroxylation is 1. The van der Waals surface area contributed by atoms with E-state index < -0.39 is 0 Å². The lowest BCUT2D eigenvalue weighted by atomic mass is 10.2. The minimum absolute atomic E-state index is 0.399. The molecule has 0 radical (unpaired) electrons. The molecule has 1 aromatic rings. The Labute approximate surface area is 110 Å². The zero-order chi connectivity index (χ0) is 13.5. The van der Waals surface area contributed by atoms with E-state index >= 15 is 0 Å². The van der Waals surface area contributed by atoms with Crippen LogP contribution in [0.15, 0.2) is 6.20 Å². The van der Waals surface area contributed by atoms with Gasteiger partial charge in [-0.3, -0.25) is 0 Å². The number of anilines is 2. The molecule has 102 valence electrons. The summed E-state index contributed by atoms with van der Waals surface area (Å²) in [6.07, 6.45) is 2.94. The van der Waals surface area contributed by atoms with Crippen molar-refractivity contribution in [1.29, 1.82) is 0 Å². The van der Waals surface area contributed by atoms with Crippen LogP contribution in [0.3, 0.4) is 0 Å². The van der Waals surface area contributed by atoms with Gasteiger partial charge >= 0.3 is 0 Å². The average molecular weight is 251 g/mol. The number of nitrogens with zero attached hydrogens (tertiary/aromatic N) is 3. The number of rotatable bonds is 7. The summed E-state index contributed by atoms with van der Waals surface area (Å²) in [5, 5.41) is 6.57. The van der Waals surface area contributed by atoms with E-state index in [0.717, 1.165) is 30.9 Å². The maximum atomic E-state index is 4.48. The fraction of sp³-hybridized carbons (Fsp3) is 0.692. The van der Waals surface area contributed by atoms with Crippen molar-refractivity contribution >= 4 is 11.8 Å². The lowest BCUT2D eigenvalue weighted by Crippen LogP contribution is -2.24. The van der Waals surface area contributed by atoms with Crippen LogP contribution < -0.4 is 10.6 Å². The summed E-state index contributed by atoms with van der Waals surface area (Å²) in [5.74, 6) is 1.61. The molecule has 2 N–H and O–H groups in total. The Balaban J connectivity index is 2.61. The number of hydrogen-bond acceptors (Lipinski definition) is 5. The zero-order valence-corrected chi connectivity index (χ0v) is 12.1. The molecule has 5 heteroatoms. The number of nitrogens with one attached hydrogen (secondary N) is 2. The van der Waals surface area contributed by atoms with Crippen molar-refractivity contribution in [3.63, 3.8) is 0 Å². The second kappa shape index (κ2) is 7.16. The molecule has 0 aliphatic heterocycles. The van der Waals surface area contributed by atoms with Crippen molar-refractivity contribution in [3.05, 3.63) is 11.8 Å². The van der Waals surface area contributed by atoms with Crippen LogP contribution in [0, 0.1) is 6.92 Å². The highest BCUT2D eigenvalue weighted by molar-refractivity contribution is 5.46. The van der Waals surface area contributed by atoms with Gasteiger partial charge in [0.05, 0.1) is 0 Å². The molecule has 1 unspecified atom stereocenters. The second-order valence-corrected chi connectivity index (χ2v) is 4.89. The van der Waals surface area contributed by atoms with Gasteiger partial charge < -0.3 is 15.5 Å². The number of hydrogen-bond donors (Lipinski definition) is 2. The molecule has 5 nitrogen and oxygen atoms in total. The first-order valence-corrected chi connectivity index (χ1v) is 6.51. The van der Waals surface area contributed by atoms with Crippen molar-refractivity contribution < 1.29 is 0 Å². The van der Waals surface area contributed by atoms with Gasteiger partial charge in [0.2, 0.25) is 5.95 Å². The summed E-state index contributed by atoms with van der Waals surface area (Å²) in [7, 11) is 4.18. The molecule has 0 bridgehead atoms. The summed E-state index contributed by atoms with van der Waals surface area (Å²) in [6, 6.07) is 0.399. The molecule has 0 aliphatic carbocycles. The van der Waals surface area contributed by atoms with E-state index in [-0.39, 0.29) is 0 Å². The summed E-state index contributed by atoms with van der Waals surface area (Å²) in [5.41, 5.74) is 1.08. The average Bonchev–Trinajstić information content (AvgIpc) is 2.31. The highest BCUT2D eigenvalue weighted by atomic mass is 15.1. The van der Waals surface area contributed by atoms with Crippen molar-refractivity contribution in [1.82, 2.24) is 14.9 Å². The van der Waals surface area contributed by atoms with E-state index in [4.69, 9.17) is 0 Å². The van der Waals surface area contributed by atoms with Gasteiger partial charge in [0, 0.05) is 24.3 Å². The van der Waals surface area contributed by atoms with Gasteiger partial charge in [-0.05, 0) is 47.8 Å². The minimum atomic E-state index is 0.399. The quantitative estimate of drug-likeness (QED) is 0.776.